The molecule has 0 saturated heterocycles. The lowest BCUT2D eigenvalue weighted by Gasteiger charge is -2.16. The largest absolute Gasteiger partial charge is 0.456 e. The van der Waals surface area contributed by atoms with Crippen molar-refractivity contribution in [1.29, 1.82) is 0 Å². The van der Waals surface area contributed by atoms with Crippen LogP contribution in [-0.2, 0) is 0 Å². The fourth-order valence-corrected chi connectivity index (χ4v) is 9.14. The average molecular weight is 739 g/mol. The molecule has 9 aromatic carbocycles. The van der Waals surface area contributed by atoms with E-state index >= 15 is 0 Å². The van der Waals surface area contributed by atoms with Gasteiger partial charge in [-0.25, -0.2) is 4.98 Å². The molecule has 0 atom stereocenters. The fraction of sp³-hybridized carbons (Fsp3) is 0. The number of pyridine rings is 1. The van der Waals surface area contributed by atoms with Crippen molar-refractivity contribution < 1.29 is 4.42 Å². The van der Waals surface area contributed by atoms with Gasteiger partial charge in [-0.3, -0.25) is 0 Å². The van der Waals surface area contributed by atoms with Crippen LogP contribution in [0.3, 0.4) is 0 Å². The first kappa shape index (κ1) is 32.5. The fourth-order valence-electron chi connectivity index (χ4n) is 9.14. The van der Waals surface area contributed by atoms with Gasteiger partial charge in [-0.1, -0.05) is 158 Å². The molecule has 58 heavy (non-hydrogen) atoms. The first-order chi connectivity index (χ1) is 28.8. The van der Waals surface area contributed by atoms with Crippen molar-refractivity contribution in [3.05, 3.63) is 206 Å². The van der Waals surface area contributed by atoms with E-state index in [-0.39, 0.29) is 0 Å². The predicted octanol–water partition coefficient (Wildman–Crippen LogP) is 15.1. The van der Waals surface area contributed by atoms with Crippen LogP contribution >= 0.6 is 0 Å². The van der Waals surface area contributed by atoms with Gasteiger partial charge in [0, 0.05) is 54.5 Å². The van der Waals surface area contributed by atoms with Crippen molar-refractivity contribution >= 4 is 65.4 Å². The topological polar surface area (TPSA) is 31.0 Å². The van der Waals surface area contributed by atoms with Crippen molar-refractivity contribution in [3.63, 3.8) is 0 Å². The van der Waals surface area contributed by atoms with E-state index in [9.17, 15) is 0 Å². The van der Waals surface area contributed by atoms with Gasteiger partial charge in [0.1, 0.15) is 11.2 Å². The lowest BCUT2D eigenvalue weighted by Crippen LogP contribution is -1.93. The molecule has 0 aliphatic rings. The number of benzene rings is 9. The summed E-state index contributed by atoms with van der Waals surface area (Å²) in [5, 5.41) is 8.12. The van der Waals surface area contributed by atoms with Gasteiger partial charge in [0.05, 0.1) is 22.2 Å². The Bertz CT molecular complexity index is 3540. The van der Waals surface area contributed by atoms with Crippen LogP contribution in [0.2, 0.25) is 0 Å². The lowest BCUT2D eigenvalue weighted by molar-refractivity contribution is 0.669. The third-order valence-corrected chi connectivity index (χ3v) is 11.8. The molecule has 3 nitrogen and oxygen atoms in total. The molecule has 12 rings (SSSR count). The summed E-state index contributed by atoms with van der Waals surface area (Å²) in [6.07, 6.45) is 0. The van der Waals surface area contributed by atoms with Gasteiger partial charge in [0.15, 0.2) is 0 Å². The first-order valence-electron chi connectivity index (χ1n) is 19.8. The summed E-state index contributed by atoms with van der Waals surface area (Å²) in [6, 6.07) is 73.8. The number of aromatic nitrogens is 2. The summed E-state index contributed by atoms with van der Waals surface area (Å²) in [5.41, 5.74) is 15.3. The molecule has 0 bridgehead atoms. The molecule has 0 unspecified atom stereocenters. The van der Waals surface area contributed by atoms with Gasteiger partial charge >= 0.3 is 0 Å². The number of para-hydroxylation sites is 4. The van der Waals surface area contributed by atoms with Gasteiger partial charge in [0.2, 0.25) is 0 Å². The Labute approximate surface area is 334 Å². The maximum atomic E-state index is 6.64. The summed E-state index contributed by atoms with van der Waals surface area (Å²) >= 11 is 0. The molecule has 0 fully saturated rings. The zero-order valence-corrected chi connectivity index (χ0v) is 31.4. The number of hydrogen-bond donors (Lipinski definition) is 0. The molecule has 270 valence electrons. The van der Waals surface area contributed by atoms with Crippen LogP contribution in [0.25, 0.3) is 116 Å². The zero-order chi connectivity index (χ0) is 38.2. The van der Waals surface area contributed by atoms with Gasteiger partial charge in [-0.15, -0.1) is 0 Å². The van der Waals surface area contributed by atoms with E-state index < -0.39 is 0 Å². The van der Waals surface area contributed by atoms with E-state index in [1.54, 1.807) is 0 Å². The van der Waals surface area contributed by atoms with Crippen LogP contribution in [0.5, 0.6) is 0 Å². The maximum Gasteiger partial charge on any atom is 0.136 e. The van der Waals surface area contributed by atoms with Crippen LogP contribution in [0.15, 0.2) is 211 Å². The molecule has 0 amide bonds. The standard InChI is InChI=1S/C55H34N2O/c1-3-14-37(15-4-1)55-46-34-51-54(45-22-9-12-25-50(45)58-51)52(53(46)44-21-7-10-23-47(44)56-55)40-17-13-16-38(32-40)35-26-28-36(29-27-35)39-30-31-43-42-20-8-11-24-48(42)57(49(43)33-39)41-18-5-2-6-19-41/h1-34H. The summed E-state index contributed by atoms with van der Waals surface area (Å²) in [4.78, 5) is 5.27. The second-order valence-electron chi connectivity index (χ2n) is 15.1. The number of fused-ring (bicyclic) bond motifs is 9. The second-order valence-corrected chi connectivity index (χ2v) is 15.1. The number of nitrogens with zero attached hydrogens (tertiary/aromatic N) is 2. The van der Waals surface area contributed by atoms with Crippen LogP contribution in [0, 0.1) is 0 Å². The molecule has 0 saturated carbocycles. The minimum atomic E-state index is 0.857. The Morgan fingerprint density at radius 2 is 0.948 bits per heavy atom. The Morgan fingerprint density at radius 1 is 0.345 bits per heavy atom. The van der Waals surface area contributed by atoms with Crippen LogP contribution in [0.1, 0.15) is 0 Å². The maximum absolute atomic E-state index is 6.64. The molecule has 3 aromatic heterocycles. The summed E-state index contributed by atoms with van der Waals surface area (Å²) in [6.45, 7) is 0. The number of furan rings is 1. The monoisotopic (exact) mass is 738 g/mol. The van der Waals surface area contributed by atoms with Gasteiger partial charge in [-0.05, 0) is 76.3 Å². The Hall–Kier alpha value is -7.75. The van der Waals surface area contributed by atoms with Crippen LogP contribution < -0.4 is 0 Å². The highest BCUT2D eigenvalue weighted by Gasteiger charge is 2.22. The van der Waals surface area contributed by atoms with E-state index in [4.69, 9.17) is 9.40 Å². The smallest absolute Gasteiger partial charge is 0.136 e. The minimum Gasteiger partial charge on any atom is -0.456 e. The van der Waals surface area contributed by atoms with Crippen molar-refractivity contribution in [2.24, 2.45) is 0 Å². The summed E-state index contributed by atoms with van der Waals surface area (Å²) < 4.78 is 9.02. The quantitative estimate of drug-likeness (QED) is 0.165. The van der Waals surface area contributed by atoms with Crippen molar-refractivity contribution in [1.82, 2.24) is 9.55 Å². The van der Waals surface area contributed by atoms with E-state index in [0.717, 1.165) is 77.4 Å². The van der Waals surface area contributed by atoms with Gasteiger partial charge in [0.25, 0.3) is 0 Å². The SMILES string of the molecule is c1ccc(-c2nc3ccccc3c3c(-c4cccc(-c5ccc(-c6ccc7c8ccccc8n(-c8ccccc8)c7c6)cc5)c4)c4c(cc23)oc2ccccc24)cc1. The van der Waals surface area contributed by atoms with Crippen molar-refractivity contribution in [2.75, 3.05) is 0 Å². The third-order valence-electron chi connectivity index (χ3n) is 11.8. The Morgan fingerprint density at radius 3 is 1.76 bits per heavy atom. The third kappa shape index (κ3) is 5.04. The summed E-state index contributed by atoms with van der Waals surface area (Å²) in [7, 11) is 0. The molecule has 12 aromatic rings. The van der Waals surface area contributed by atoms with Gasteiger partial charge in [-0.2, -0.15) is 0 Å². The average Bonchev–Trinajstić information content (AvgIpc) is 3.84. The molecule has 0 spiro atoms. The number of rotatable bonds is 5. The van der Waals surface area contributed by atoms with Crippen molar-refractivity contribution in [2.45, 2.75) is 0 Å². The molecular weight excluding hydrogens is 705 g/mol. The highest BCUT2D eigenvalue weighted by molar-refractivity contribution is 6.28. The van der Waals surface area contributed by atoms with E-state index in [1.165, 1.54) is 38.3 Å². The molecule has 0 N–H and O–H groups in total. The minimum absolute atomic E-state index is 0.857. The van der Waals surface area contributed by atoms with Gasteiger partial charge < -0.3 is 8.98 Å². The number of hydrogen-bond acceptors (Lipinski definition) is 2. The Kier molecular flexibility index (Phi) is 7.23. The summed E-state index contributed by atoms with van der Waals surface area (Å²) in [5.74, 6) is 0. The van der Waals surface area contributed by atoms with E-state index in [2.05, 4.69) is 205 Å². The van der Waals surface area contributed by atoms with Crippen LogP contribution in [0.4, 0.5) is 0 Å². The van der Waals surface area contributed by atoms with Crippen LogP contribution in [-0.4, -0.2) is 9.55 Å². The zero-order valence-electron chi connectivity index (χ0n) is 31.4. The van der Waals surface area contributed by atoms with Crippen molar-refractivity contribution in [3.8, 4) is 50.3 Å². The lowest BCUT2D eigenvalue weighted by atomic mass is 9.88. The molecule has 0 aliphatic carbocycles. The Balaban J connectivity index is 1.03. The highest BCUT2D eigenvalue weighted by Crippen LogP contribution is 2.47. The first-order valence-corrected chi connectivity index (χ1v) is 19.8. The predicted molar refractivity (Wildman–Crippen MR) is 243 cm³/mol. The molecule has 0 radical (unpaired) electrons. The van der Waals surface area contributed by atoms with E-state index in [0.29, 0.717) is 0 Å². The highest BCUT2D eigenvalue weighted by atomic mass is 16.3. The molecule has 3 heteroatoms. The van der Waals surface area contributed by atoms with E-state index in [1.807, 2.05) is 6.07 Å². The molecule has 0 aliphatic heterocycles. The molecular formula is C55H34N2O. The second kappa shape index (κ2) is 12.9. The normalized spacial score (nSPS) is 11.8. The molecule has 3 heterocycles.